The summed E-state index contributed by atoms with van der Waals surface area (Å²) < 4.78 is 56.0. The summed E-state index contributed by atoms with van der Waals surface area (Å²) in [6.07, 6.45) is 2.73. The number of ether oxygens (including phenoxy) is 3. The van der Waals surface area contributed by atoms with Gasteiger partial charge in [0.1, 0.15) is 25.4 Å². The van der Waals surface area contributed by atoms with E-state index >= 15 is 0 Å². The van der Waals surface area contributed by atoms with Crippen molar-refractivity contribution in [3.05, 3.63) is 107 Å². The molecule has 0 saturated heterocycles. The standard InChI is InChI=1S/C31H30F3N2O3S/c1-36(19-23-8-13-30(35-18-23)39-26-9-11-27(12-10-26)40-31(32,33)34)15-14-24-16-28(37-2)29(17-25(24)20-36)38-21-22-6-4-3-5-7-22/h3-13,16-18H,14-15,19-21H2,1-2H3/q+1. The number of thioether (sulfide) groups is 1. The molecule has 0 fully saturated rings. The number of benzene rings is 3. The average molecular weight is 568 g/mol. The Bertz CT molecular complexity index is 1430. The van der Waals surface area contributed by atoms with E-state index in [9.17, 15) is 13.2 Å². The van der Waals surface area contributed by atoms with E-state index < -0.39 is 5.51 Å². The fourth-order valence-electron chi connectivity index (χ4n) is 4.88. The molecule has 1 aromatic heterocycles. The molecule has 0 spiro atoms. The van der Waals surface area contributed by atoms with E-state index in [0.717, 1.165) is 53.2 Å². The summed E-state index contributed by atoms with van der Waals surface area (Å²) >= 11 is -0.153. The second-order valence-corrected chi connectivity index (χ2v) is 11.2. The molecule has 2 heterocycles. The zero-order valence-electron chi connectivity index (χ0n) is 22.3. The molecule has 5 rings (SSSR count). The molecule has 0 saturated carbocycles. The fraction of sp³-hybridized carbons (Fsp3) is 0.258. The highest BCUT2D eigenvalue weighted by Crippen LogP contribution is 2.38. The van der Waals surface area contributed by atoms with Crippen LogP contribution in [0.4, 0.5) is 13.2 Å². The summed E-state index contributed by atoms with van der Waals surface area (Å²) in [7, 11) is 3.91. The van der Waals surface area contributed by atoms with Crippen molar-refractivity contribution in [3.63, 3.8) is 0 Å². The van der Waals surface area contributed by atoms with Gasteiger partial charge in [-0.15, -0.1) is 0 Å². The van der Waals surface area contributed by atoms with Crippen molar-refractivity contribution in [2.75, 3.05) is 20.7 Å². The second-order valence-electron chi connectivity index (χ2n) is 10.1. The maximum atomic E-state index is 12.5. The molecular formula is C31H30F3N2O3S+. The molecule has 0 bridgehead atoms. The lowest BCUT2D eigenvalue weighted by Crippen LogP contribution is -2.46. The van der Waals surface area contributed by atoms with Crippen LogP contribution >= 0.6 is 11.8 Å². The molecule has 4 aromatic rings. The van der Waals surface area contributed by atoms with Crippen LogP contribution in [0.25, 0.3) is 0 Å². The van der Waals surface area contributed by atoms with Gasteiger partial charge in [0.15, 0.2) is 11.5 Å². The van der Waals surface area contributed by atoms with Gasteiger partial charge in [-0.05, 0) is 65.4 Å². The van der Waals surface area contributed by atoms with Crippen LogP contribution in [0.2, 0.25) is 0 Å². The molecule has 0 radical (unpaired) electrons. The van der Waals surface area contributed by atoms with Gasteiger partial charge in [-0.3, -0.25) is 0 Å². The Hall–Kier alpha value is -3.69. The summed E-state index contributed by atoms with van der Waals surface area (Å²) in [6, 6.07) is 23.8. The first-order valence-electron chi connectivity index (χ1n) is 12.9. The van der Waals surface area contributed by atoms with Gasteiger partial charge in [-0.25, -0.2) is 4.98 Å². The molecule has 208 valence electrons. The lowest BCUT2D eigenvalue weighted by atomic mass is 9.96. The van der Waals surface area contributed by atoms with Crippen LogP contribution in [0.1, 0.15) is 22.3 Å². The fourth-order valence-corrected chi connectivity index (χ4v) is 5.42. The van der Waals surface area contributed by atoms with Crippen LogP contribution in [0.3, 0.4) is 0 Å². The van der Waals surface area contributed by atoms with Crippen molar-refractivity contribution >= 4 is 11.8 Å². The van der Waals surface area contributed by atoms with Gasteiger partial charge < -0.3 is 18.7 Å². The van der Waals surface area contributed by atoms with Crippen LogP contribution in [0, 0.1) is 0 Å². The molecule has 0 aliphatic carbocycles. The van der Waals surface area contributed by atoms with Gasteiger partial charge in [0.05, 0.1) is 20.7 Å². The zero-order valence-corrected chi connectivity index (χ0v) is 23.1. The molecule has 0 amide bonds. The molecule has 0 N–H and O–H groups in total. The van der Waals surface area contributed by atoms with E-state index in [1.165, 1.54) is 35.4 Å². The van der Waals surface area contributed by atoms with E-state index in [2.05, 4.69) is 24.2 Å². The lowest BCUT2D eigenvalue weighted by Gasteiger charge is -2.39. The van der Waals surface area contributed by atoms with Crippen LogP contribution in [-0.4, -0.2) is 35.7 Å². The third-order valence-corrected chi connectivity index (χ3v) is 7.58. The highest BCUT2D eigenvalue weighted by Gasteiger charge is 2.31. The number of hydrogen-bond donors (Lipinski definition) is 0. The quantitative estimate of drug-likeness (QED) is 0.153. The van der Waals surface area contributed by atoms with Gasteiger partial charge in [0.25, 0.3) is 0 Å². The van der Waals surface area contributed by atoms with Crippen LogP contribution in [0.5, 0.6) is 23.1 Å². The number of aromatic nitrogens is 1. The Kier molecular flexibility index (Phi) is 8.23. The van der Waals surface area contributed by atoms with Crippen LogP contribution < -0.4 is 14.2 Å². The van der Waals surface area contributed by atoms with Gasteiger partial charge in [-0.1, -0.05) is 30.3 Å². The molecule has 9 heteroatoms. The predicted molar refractivity (Wildman–Crippen MR) is 149 cm³/mol. The summed E-state index contributed by atoms with van der Waals surface area (Å²) in [6.45, 7) is 3.09. The predicted octanol–water partition coefficient (Wildman–Crippen LogP) is 7.78. The van der Waals surface area contributed by atoms with Gasteiger partial charge in [0.2, 0.25) is 5.88 Å². The number of alkyl halides is 3. The summed E-state index contributed by atoms with van der Waals surface area (Å²) in [5.74, 6) is 2.31. The Morgan fingerprint density at radius 2 is 1.65 bits per heavy atom. The molecule has 1 atom stereocenters. The van der Waals surface area contributed by atoms with Gasteiger partial charge in [0, 0.05) is 34.7 Å². The monoisotopic (exact) mass is 567 g/mol. The van der Waals surface area contributed by atoms with Crippen molar-refractivity contribution in [1.29, 1.82) is 0 Å². The molecule has 40 heavy (non-hydrogen) atoms. The Labute approximate surface area is 236 Å². The number of pyridine rings is 1. The largest absolute Gasteiger partial charge is 0.493 e. The van der Waals surface area contributed by atoms with Gasteiger partial charge in [-0.2, -0.15) is 13.2 Å². The summed E-state index contributed by atoms with van der Waals surface area (Å²) in [5.41, 5.74) is 0.379. The highest BCUT2D eigenvalue weighted by molar-refractivity contribution is 8.00. The number of halogens is 3. The molecular weight excluding hydrogens is 537 g/mol. The van der Waals surface area contributed by atoms with Crippen molar-refractivity contribution in [1.82, 2.24) is 4.98 Å². The number of rotatable bonds is 9. The Morgan fingerprint density at radius 1 is 0.900 bits per heavy atom. The third-order valence-electron chi connectivity index (χ3n) is 6.84. The third kappa shape index (κ3) is 7.28. The molecule has 1 aliphatic rings. The number of fused-ring (bicyclic) bond motifs is 1. The number of likely N-dealkylation sites (N-methyl/N-ethyl adjacent to an activating group) is 1. The average Bonchev–Trinajstić information content (AvgIpc) is 2.93. The number of quaternary nitrogens is 1. The minimum Gasteiger partial charge on any atom is -0.493 e. The van der Waals surface area contributed by atoms with E-state index in [-0.39, 0.29) is 16.7 Å². The van der Waals surface area contributed by atoms with Crippen LogP contribution in [0.15, 0.2) is 90.0 Å². The first kappa shape index (κ1) is 27.9. The smallest absolute Gasteiger partial charge is 0.446 e. The highest BCUT2D eigenvalue weighted by atomic mass is 32.2. The minimum atomic E-state index is -4.32. The SMILES string of the molecule is COc1cc2c(cc1OCc1ccccc1)C[N+](C)(Cc1ccc(Oc3ccc(SC(F)(F)F)cc3)nc1)CC2. The Balaban J connectivity index is 1.22. The number of methoxy groups -OCH3 is 1. The maximum absolute atomic E-state index is 12.5. The number of nitrogens with zero attached hydrogens (tertiary/aromatic N) is 2. The minimum absolute atomic E-state index is 0.108. The maximum Gasteiger partial charge on any atom is 0.446 e. The van der Waals surface area contributed by atoms with E-state index in [4.69, 9.17) is 14.2 Å². The summed E-state index contributed by atoms with van der Waals surface area (Å²) in [4.78, 5) is 4.54. The van der Waals surface area contributed by atoms with Crippen molar-refractivity contribution in [2.24, 2.45) is 0 Å². The van der Waals surface area contributed by atoms with Crippen molar-refractivity contribution < 1.29 is 31.9 Å². The first-order valence-corrected chi connectivity index (χ1v) is 13.7. The first-order chi connectivity index (χ1) is 19.2. The number of hydrogen-bond acceptors (Lipinski definition) is 5. The molecule has 1 aliphatic heterocycles. The van der Waals surface area contributed by atoms with E-state index in [0.29, 0.717) is 18.2 Å². The van der Waals surface area contributed by atoms with Crippen molar-refractivity contribution in [3.8, 4) is 23.1 Å². The zero-order chi connectivity index (χ0) is 28.2. The molecule has 5 nitrogen and oxygen atoms in total. The summed E-state index contributed by atoms with van der Waals surface area (Å²) in [5, 5.41) is 0. The van der Waals surface area contributed by atoms with E-state index in [1.807, 2.05) is 36.4 Å². The van der Waals surface area contributed by atoms with Crippen LogP contribution in [-0.2, 0) is 26.1 Å². The Morgan fingerprint density at radius 3 is 2.33 bits per heavy atom. The lowest BCUT2D eigenvalue weighted by molar-refractivity contribution is -0.937. The normalized spacial score (nSPS) is 16.7. The van der Waals surface area contributed by atoms with Crippen molar-refractivity contribution in [2.45, 2.75) is 36.5 Å². The molecule has 1 unspecified atom stereocenters. The van der Waals surface area contributed by atoms with E-state index in [1.54, 1.807) is 19.4 Å². The topological polar surface area (TPSA) is 40.6 Å². The second kappa shape index (κ2) is 11.8. The van der Waals surface area contributed by atoms with Gasteiger partial charge >= 0.3 is 5.51 Å². The molecule has 3 aromatic carbocycles.